The molecule has 10 heteroatoms. The van der Waals surface area contributed by atoms with Crippen LogP contribution in [0, 0.1) is 5.92 Å². The molecule has 1 aromatic heterocycles. The molecule has 3 rings (SSSR count). The van der Waals surface area contributed by atoms with Crippen LogP contribution in [0.15, 0.2) is 34.7 Å². The van der Waals surface area contributed by atoms with Gasteiger partial charge in [0.25, 0.3) is 0 Å². The fourth-order valence-corrected chi connectivity index (χ4v) is 5.20. The van der Waals surface area contributed by atoms with Gasteiger partial charge in [-0.05, 0) is 42.5 Å². The molecule has 2 amide bonds. The summed E-state index contributed by atoms with van der Waals surface area (Å²) in [6, 6.07) is 3.81. The summed E-state index contributed by atoms with van der Waals surface area (Å²) in [4.78, 5) is 30.5. The lowest BCUT2D eigenvalue weighted by Crippen LogP contribution is -2.44. The Balaban J connectivity index is 1.81. The molecule has 8 nitrogen and oxygen atoms in total. The van der Waals surface area contributed by atoms with Crippen LogP contribution in [0.1, 0.15) is 39.2 Å². The van der Waals surface area contributed by atoms with E-state index >= 15 is 0 Å². The summed E-state index contributed by atoms with van der Waals surface area (Å²) < 4.78 is 28.6. The monoisotopic (exact) mass is 450 g/mol. The van der Waals surface area contributed by atoms with E-state index in [1.807, 2.05) is 13.8 Å². The molecule has 0 fully saturated rings. The molecule has 1 aromatic carbocycles. The number of thiazole rings is 1. The third-order valence-corrected chi connectivity index (χ3v) is 7.00. The summed E-state index contributed by atoms with van der Waals surface area (Å²) in [6.07, 6.45) is 2.91. The van der Waals surface area contributed by atoms with Crippen molar-refractivity contribution in [3.8, 4) is 0 Å². The minimum Gasteiger partial charge on any atom is -0.312 e. The number of carbonyl (C=O) groups is 2. The van der Waals surface area contributed by atoms with Crippen LogP contribution in [-0.4, -0.2) is 37.8 Å². The van der Waals surface area contributed by atoms with Gasteiger partial charge in [-0.2, -0.15) is 4.72 Å². The van der Waals surface area contributed by atoms with Crippen molar-refractivity contribution in [1.82, 2.24) is 9.71 Å². The summed E-state index contributed by atoms with van der Waals surface area (Å²) in [5, 5.41) is 4.82. The maximum Gasteiger partial charge on any atom is 0.244 e. The van der Waals surface area contributed by atoms with Crippen LogP contribution in [0.25, 0.3) is 0 Å². The molecule has 2 heterocycles. The van der Waals surface area contributed by atoms with Crippen LogP contribution in [-0.2, 0) is 26.0 Å². The number of benzene rings is 1. The van der Waals surface area contributed by atoms with Crippen LogP contribution in [0.5, 0.6) is 0 Å². The highest BCUT2D eigenvalue weighted by atomic mass is 32.2. The molecular weight excluding hydrogens is 424 g/mol. The Kier molecular flexibility index (Phi) is 6.89. The van der Waals surface area contributed by atoms with E-state index in [4.69, 9.17) is 0 Å². The van der Waals surface area contributed by atoms with E-state index < -0.39 is 22.0 Å². The molecular formula is C20H26N4O4S2. The van der Waals surface area contributed by atoms with Crippen molar-refractivity contribution in [3.63, 3.8) is 0 Å². The number of nitrogens with one attached hydrogen (secondary N) is 2. The van der Waals surface area contributed by atoms with Gasteiger partial charge in [-0.1, -0.05) is 20.8 Å². The highest BCUT2D eigenvalue weighted by Gasteiger charge is 2.29. The maximum atomic E-state index is 13.0. The molecule has 1 aliphatic rings. The summed E-state index contributed by atoms with van der Waals surface area (Å²) in [7, 11) is -3.93. The van der Waals surface area contributed by atoms with Crippen molar-refractivity contribution < 1.29 is 18.0 Å². The first-order chi connectivity index (χ1) is 14.2. The molecule has 1 aliphatic heterocycles. The molecule has 0 saturated heterocycles. The highest BCUT2D eigenvalue weighted by Crippen LogP contribution is 2.30. The number of fused-ring (bicyclic) bond motifs is 1. The number of aromatic nitrogens is 1. The zero-order chi connectivity index (χ0) is 21.9. The van der Waals surface area contributed by atoms with Crippen molar-refractivity contribution in [1.29, 1.82) is 0 Å². The van der Waals surface area contributed by atoms with Crippen molar-refractivity contribution in [3.05, 3.63) is 35.3 Å². The predicted octanol–water partition coefficient (Wildman–Crippen LogP) is 2.77. The summed E-state index contributed by atoms with van der Waals surface area (Å²) in [5.74, 6) is -0.324. The number of carbonyl (C=O) groups excluding carboxylic acids is 2. The lowest BCUT2D eigenvalue weighted by molar-refractivity contribution is -0.118. The highest BCUT2D eigenvalue weighted by molar-refractivity contribution is 7.89. The SMILES string of the molecule is CCC(=O)N1CCc2cc(S(=O)(=O)N[C@@H](CC(C)C)C(=O)Nc3nccs3)ccc21. The van der Waals surface area contributed by atoms with Gasteiger partial charge in [0.15, 0.2) is 5.13 Å². The van der Waals surface area contributed by atoms with Crippen molar-refractivity contribution in [2.24, 2.45) is 5.92 Å². The Labute approximate surface area is 180 Å². The third-order valence-electron chi connectivity index (χ3n) is 4.84. The Hall–Kier alpha value is -2.30. The first kappa shape index (κ1) is 22.4. The fraction of sp³-hybridized carbons (Fsp3) is 0.450. The van der Waals surface area contributed by atoms with Gasteiger partial charge in [-0.25, -0.2) is 13.4 Å². The Bertz CT molecular complexity index is 1020. The number of anilines is 2. The van der Waals surface area contributed by atoms with Gasteiger partial charge in [0.1, 0.15) is 6.04 Å². The van der Waals surface area contributed by atoms with Gasteiger partial charge >= 0.3 is 0 Å². The summed E-state index contributed by atoms with van der Waals surface area (Å²) in [5.41, 5.74) is 1.56. The van der Waals surface area contributed by atoms with E-state index in [1.165, 1.54) is 17.4 Å². The summed E-state index contributed by atoms with van der Waals surface area (Å²) in [6.45, 7) is 6.19. The second-order valence-electron chi connectivity index (χ2n) is 7.57. The molecule has 0 aliphatic carbocycles. The normalized spacial score (nSPS) is 14.6. The predicted molar refractivity (Wildman–Crippen MR) is 117 cm³/mol. The molecule has 30 heavy (non-hydrogen) atoms. The van der Waals surface area contributed by atoms with Crippen LogP contribution in [0.4, 0.5) is 10.8 Å². The molecule has 162 valence electrons. The minimum atomic E-state index is -3.93. The fourth-order valence-electron chi connectivity index (χ4n) is 3.41. The zero-order valence-corrected chi connectivity index (χ0v) is 18.8. The largest absolute Gasteiger partial charge is 0.312 e. The van der Waals surface area contributed by atoms with E-state index in [0.717, 1.165) is 11.3 Å². The van der Waals surface area contributed by atoms with E-state index in [9.17, 15) is 18.0 Å². The quantitative estimate of drug-likeness (QED) is 0.643. The van der Waals surface area contributed by atoms with Crippen molar-refractivity contribution >= 4 is 44.0 Å². The molecule has 2 aromatic rings. The van der Waals surface area contributed by atoms with Gasteiger partial charge < -0.3 is 10.2 Å². The number of amides is 2. The molecule has 0 spiro atoms. The Morgan fingerprint density at radius 2 is 2.07 bits per heavy atom. The topological polar surface area (TPSA) is 108 Å². The molecule has 0 radical (unpaired) electrons. The Morgan fingerprint density at radius 3 is 2.70 bits per heavy atom. The van der Waals surface area contributed by atoms with E-state index in [1.54, 1.807) is 35.5 Å². The second kappa shape index (κ2) is 9.23. The lowest BCUT2D eigenvalue weighted by atomic mass is 10.0. The van der Waals surface area contributed by atoms with Crippen LogP contribution >= 0.6 is 11.3 Å². The average molecular weight is 451 g/mol. The number of hydrogen-bond donors (Lipinski definition) is 2. The molecule has 0 bridgehead atoms. The number of hydrogen-bond acceptors (Lipinski definition) is 6. The van der Waals surface area contributed by atoms with Gasteiger partial charge in [-0.15, -0.1) is 11.3 Å². The van der Waals surface area contributed by atoms with Crippen molar-refractivity contribution in [2.75, 3.05) is 16.8 Å². The number of sulfonamides is 1. The molecule has 2 N–H and O–H groups in total. The second-order valence-corrected chi connectivity index (χ2v) is 10.2. The van der Waals surface area contributed by atoms with Gasteiger partial charge in [0, 0.05) is 30.2 Å². The van der Waals surface area contributed by atoms with Crippen LogP contribution in [0.2, 0.25) is 0 Å². The standard InChI is InChI=1S/C20H26N4O4S2/c1-4-18(25)24-9-7-14-12-15(5-6-17(14)24)30(27,28)23-16(11-13(2)3)19(26)22-20-21-8-10-29-20/h5-6,8,10,12-13,16,23H,4,7,9,11H2,1-3H3,(H,21,22,26)/t16-/m0/s1. The summed E-state index contributed by atoms with van der Waals surface area (Å²) >= 11 is 1.27. The number of nitrogens with zero attached hydrogens (tertiary/aromatic N) is 2. The lowest BCUT2D eigenvalue weighted by Gasteiger charge is -2.20. The van der Waals surface area contributed by atoms with Gasteiger partial charge in [0.2, 0.25) is 21.8 Å². The smallest absolute Gasteiger partial charge is 0.244 e. The van der Waals surface area contributed by atoms with E-state index in [2.05, 4.69) is 15.0 Å². The van der Waals surface area contributed by atoms with E-state index in [0.29, 0.717) is 30.9 Å². The Morgan fingerprint density at radius 1 is 1.30 bits per heavy atom. The maximum absolute atomic E-state index is 13.0. The van der Waals surface area contributed by atoms with Crippen LogP contribution < -0.4 is 14.9 Å². The molecule has 0 unspecified atom stereocenters. The van der Waals surface area contributed by atoms with Crippen molar-refractivity contribution in [2.45, 2.75) is 51.0 Å². The van der Waals surface area contributed by atoms with Crippen LogP contribution in [0.3, 0.4) is 0 Å². The van der Waals surface area contributed by atoms with Gasteiger partial charge in [-0.3, -0.25) is 9.59 Å². The average Bonchev–Trinajstić information content (AvgIpc) is 3.35. The zero-order valence-electron chi connectivity index (χ0n) is 17.2. The first-order valence-corrected chi connectivity index (χ1v) is 12.2. The number of rotatable bonds is 8. The van der Waals surface area contributed by atoms with E-state index in [-0.39, 0.29) is 16.7 Å². The molecule has 0 saturated carbocycles. The molecule has 1 atom stereocenters. The third kappa shape index (κ3) is 5.05. The van der Waals surface area contributed by atoms with Gasteiger partial charge in [0.05, 0.1) is 4.90 Å². The minimum absolute atomic E-state index is 0.0123. The first-order valence-electron chi connectivity index (χ1n) is 9.87.